The molecule has 0 unspecified atom stereocenters. The molecule has 6 heteroatoms. The van der Waals surface area contributed by atoms with Crippen molar-refractivity contribution < 1.29 is 19.1 Å². The number of nitrogens with zero attached hydrogens (tertiary/aromatic N) is 1. The molecular weight excluding hydrogens is 332 g/mol. The molecule has 6 nitrogen and oxygen atoms in total. The van der Waals surface area contributed by atoms with Gasteiger partial charge in [0.1, 0.15) is 0 Å². The fraction of sp³-hybridized carbons (Fsp3) is 0.600. The van der Waals surface area contributed by atoms with Crippen LogP contribution in [-0.2, 0) is 16.0 Å². The maximum atomic E-state index is 12.3. The number of rotatable bonds is 8. The van der Waals surface area contributed by atoms with Crippen LogP contribution >= 0.6 is 0 Å². The van der Waals surface area contributed by atoms with Crippen LogP contribution in [0.25, 0.3) is 0 Å². The zero-order valence-corrected chi connectivity index (χ0v) is 16.0. The van der Waals surface area contributed by atoms with Crippen LogP contribution in [0, 0.1) is 0 Å². The van der Waals surface area contributed by atoms with Crippen LogP contribution in [0.4, 0.5) is 0 Å². The third-order valence-electron chi connectivity index (χ3n) is 4.92. The molecule has 1 saturated carbocycles. The molecule has 144 valence electrons. The Balaban J connectivity index is 1.83. The summed E-state index contributed by atoms with van der Waals surface area (Å²) in [6, 6.07) is 5.93. The highest BCUT2D eigenvalue weighted by molar-refractivity contribution is 5.84. The molecule has 1 N–H and O–H groups in total. The van der Waals surface area contributed by atoms with Gasteiger partial charge in [0.15, 0.2) is 11.5 Å². The third kappa shape index (κ3) is 5.64. The fourth-order valence-corrected chi connectivity index (χ4v) is 3.48. The average Bonchev–Trinajstić information content (AvgIpc) is 2.66. The van der Waals surface area contributed by atoms with Crippen molar-refractivity contribution in [3.8, 4) is 11.5 Å². The second-order valence-electron chi connectivity index (χ2n) is 6.73. The molecule has 1 aliphatic carbocycles. The molecule has 0 aromatic heterocycles. The van der Waals surface area contributed by atoms with Gasteiger partial charge in [-0.05, 0) is 37.0 Å². The summed E-state index contributed by atoms with van der Waals surface area (Å²) in [5, 5.41) is 2.92. The van der Waals surface area contributed by atoms with Crippen LogP contribution in [0.1, 0.15) is 44.6 Å². The molecule has 2 rings (SSSR count). The summed E-state index contributed by atoms with van der Waals surface area (Å²) in [5.74, 6) is 1.24. The Bertz CT molecular complexity index is 612. The van der Waals surface area contributed by atoms with Gasteiger partial charge in [-0.15, -0.1) is 0 Å². The summed E-state index contributed by atoms with van der Waals surface area (Å²) in [6.07, 6.45) is 6.18. The zero-order chi connectivity index (χ0) is 18.9. The van der Waals surface area contributed by atoms with Gasteiger partial charge < -0.3 is 19.7 Å². The lowest BCUT2D eigenvalue weighted by Gasteiger charge is -2.33. The van der Waals surface area contributed by atoms with Gasteiger partial charge in [-0.25, -0.2) is 0 Å². The summed E-state index contributed by atoms with van der Waals surface area (Å²) < 4.78 is 10.5. The lowest BCUT2D eigenvalue weighted by molar-refractivity contribution is -0.137. The van der Waals surface area contributed by atoms with Gasteiger partial charge in [-0.1, -0.05) is 25.3 Å². The zero-order valence-electron chi connectivity index (χ0n) is 16.0. The molecule has 0 saturated heterocycles. The Morgan fingerprint density at radius 2 is 1.81 bits per heavy atom. The highest BCUT2D eigenvalue weighted by Gasteiger charge is 2.24. The van der Waals surface area contributed by atoms with Crippen molar-refractivity contribution in [2.75, 3.05) is 27.3 Å². The monoisotopic (exact) mass is 362 g/mol. The molecule has 0 spiro atoms. The molecule has 2 amide bonds. The van der Waals surface area contributed by atoms with Gasteiger partial charge in [0.2, 0.25) is 11.8 Å². The Morgan fingerprint density at radius 3 is 2.42 bits per heavy atom. The summed E-state index contributed by atoms with van der Waals surface area (Å²) in [5.41, 5.74) is 1.05. The summed E-state index contributed by atoms with van der Waals surface area (Å²) >= 11 is 0. The van der Waals surface area contributed by atoms with Crippen molar-refractivity contribution in [3.63, 3.8) is 0 Å². The first-order valence-corrected chi connectivity index (χ1v) is 9.30. The minimum Gasteiger partial charge on any atom is -0.493 e. The van der Waals surface area contributed by atoms with Gasteiger partial charge in [-0.2, -0.15) is 0 Å². The number of hydrogen-bond acceptors (Lipinski definition) is 4. The van der Waals surface area contributed by atoms with E-state index in [2.05, 4.69) is 5.32 Å². The number of hydrogen-bond donors (Lipinski definition) is 1. The van der Waals surface area contributed by atoms with Crippen molar-refractivity contribution >= 4 is 11.8 Å². The molecule has 1 aliphatic rings. The average molecular weight is 362 g/mol. The molecule has 0 bridgehead atoms. The quantitative estimate of drug-likeness (QED) is 0.772. The van der Waals surface area contributed by atoms with Crippen molar-refractivity contribution in [1.29, 1.82) is 0 Å². The largest absolute Gasteiger partial charge is 0.493 e. The van der Waals surface area contributed by atoms with Crippen LogP contribution in [0.2, 0.25) is 0 Å². The first-order valence-electron chi connectivity index (χ1n) is 9.30. The first-order chi connectivity index (χ1) is 12.5. The smallest absolute Gasteiger partial charge is 0.239 e. The van der Waals surface area contributed by atoms with E-state index in [9.17, 15) is 9.59 Å². The van der Waals surface area contributed by atoms with Gasteiger partial charge in [0.25, 0.3) is 0 Å². The van der Waals surface area contributed by atoms with Crippen LogP contribution in [0.5, 0.6) is 11.5 Å². The third-order valence-corrected chi connectivity index (χ3v) is 4.92. The number of carbonyl (C=O) groups excluding carboxylic acids is 2. The summed E-state index contributed by atoms with van der Waals surface area (Å²) in [4.78, 5) is 25.9. The molecule has 1 aromatic carbocycles. The Hall–Kier alpha value is -2.24. The van der Waals surface area contributed by atoms with E-state index < -0.39 is 0 Å². The second kappa shape index (κ2) is 10.0. The molecule has 1 fully saturated rings. The molecule has 0 heterocycles. The fourth-order valence-electron chi connectivity index (χ4n) is 3.48. The van der Waals surface area contributed by atoms with E-state index in [0.717, 1.165) is 31.2 Å². The van der Waals surface area contributed by atoms with Crippen LogP contribution < -0.4 is 14.8 Å². The maximum Gasteiger partial charge on any atom is 0.239 e. The Kier molecular flexibility index (Phi) is 7.75. The predicted octanol–water partition coefficient (Wildman–Crippen LogP) is 2.54. The number of nitrogens with one attached hydrogen (secondary N) is 1. The van der Waals surface area contributed by atoms with Crippen molar-refractivity contribution in [2.24, 2.45) is 0 Å². The normalized spacial score (nSPS) is 14.6. The molecule has 0 aliphatic heterocycles. The maximum absolute atomic E-state index is 12.3. The Morgan fingerprint density at radius 1 is 1.12 bits per heavy atom. The van der Waals surface area contributed by atoms with E-state index in [1.807, 2.05) is 18.2 Å². The highest BCUT2D eigenvalue weighted by atomic mass is 16.5. The lowest BCUT2D eigenvalue weighted by atomic mass is 9.94. The molecule has 26 heavy (non-hydrogen) atoms. The summed E-state index contributed by atoms with van der Waals surface area (Å²) in [6.45, 7) is 2.21. The molecular formula is C20H30N2O4. The highest BCUT2D eigenvalue weighted by Crippen LogP contribution is 2.27. The Labute approximate surface area is 155 Å². The van der Waals surface area contributed by atoms with Gasteiger partial charge in [-0.3, -0.25) is 9.59 Å². The topological polar surface area (TPSA) is 67.9 Å². The minimum absolute atomic E-state index is 0.0214. The number of carbonyl (C=O) groups is 2. The predicted molar refractivity (Wildman–Crippen MR) is 101 cm³/mol. The summed E-state index contributed by atoms with van der Waals surface area (Å²) in [7, 11) is 3.20. The second-order valence-corrected chi connectivity index (χ2v) is 6.73. The van der Waals surface area contributed by atoms with E-state index >= 15 is 0 Å². The van der Waals surface area contributed by atoms with Gasteiger partial charge in [0.05, 0.1) is 20.8 Å². The number of ether oxygens (including phenoxy) is 2. The minimum atomic E-state index is -0.105. The standard InChI is InChI=1S/C20H30N2O4/c1-15(23)22(17-7-5-4-6-8-17)14-20(24)21-12-11-16-9-10-18(25-2)19(13-16)26-3/h9-10,13,17H,4-8,11-12,14H2,1-3H3,(H,21,24). The van der Waals surface area contributed by atoms with Crippen molar-refractivity contribution in [2.45, 2.75) is 51.5 Å². The van der Waals surface area contributed by atoms with Gasteiger partial charge >= 0.3 is 0 Å². The molecule has 1 aromatic rings. The van der Waals surface area contributed by atoms with E-state index in [4.69, 9.17) is 9.47 Å². The van der Waals surface area contributed by atoms with Crippen molar-refractivity contribution in [3.05, 3.63) is 23.8 Å². The first kappa shape index (κ1) is 20.1. The van der Waals surface area contributed by atoms with Gasteiger partial charge in [0, 0.05) is 19.5 Å². The lowest BCUT2D eigenvalue weighted by Crippen LogP contribution is -2.46. The van der Waals surface area contributed by atoms with E-state index in [1.54, 1.807) is 26.0 Å². The number of benzene rings is 1. The van der Waals surface area contributed by atoms with Crippen molar-refractivity contribution in [1.82, 2.24) is 10.2 Å². The number of methoxy groups -OCH3 is 2. The van der Waals surface area contributed by atoms with Crippen LogP contribution in [0.3, 0.4) is 0 Å². The van der Waals surface area contributed by atoms with Crippen LogP contribution in [-0.4, -0.2) is 50.1 Å². The molecule has 0 radical (unpaired) electrons. The number of amides is 2. The molecule has 0 atom stereocenters. The van der Waals surface area contributed by atoms with E-state index in [0.29, 0.717) is 24.5 Å². The SMILES string of the molecule is COc1ccc(CCNC(=O)CN(C(C)=O)C2CCCCC2)cc1OC. The van der Waals surface area contributed by atoms with E-state index in [1.165, 1.54) is 6.42 Å². The van der Waals surface area contributed by atoms with E-state index in [-0.39, 0.29) is 24.4 Å². The van der Waals surface area contributed by atoms with Crippen LogP contribution in [0.15, 0.2) is 18.2 Å².